The van der Waals surface area contributed by atoms with Gasteiger partial charge in [0.25, 0.3) is 0 Å². The first-order valence-electron chi connectivity index (χ1n) is 2.61. The zero-order valence-corrected chi connectivity index (χ0v) is 8.03. The topological polar surface area (TPSA) is 25.8 Å². The molecule has 56 valence electrons. The van der Waals surface area contributed by atoms with Gasteiger partial charge in [-0.25, -0.2) is 9.97 Å². The van der Waals surface area contributed by atoms with Gasteiger partial charge in [-0.05, 0) is 12.3 Å². The lowest BCUT2D eigenvalue weighted by Crippen LogP contribution is -1.89. The van der Waals surface area contributed by atoms with E-state index in [9.17, 15) is 0 Å². The van der Waals surface area contributed by atoms with Crippen LogP contribution in [0, 0.1) is 0 Å². The van der Waals surface area contributed by atoms with Gasteiger partial charge in [0.2, 0.25) is 0 Å². The fourth-order valence-electron chi connectivity index (χ4n) is 0.485. The van der Waals surface area contributed by atoms with Crippen LogP contribution in [0.3, 0.4) is 0 Å². The van der Waals surface area contributed by atoms with E-state index >= 15 is 0 Å². The Morgan fingerprint density at radius 3 is 2.10 bits per heavy atom. The van der Waals surface area contributed by atoms with Crippen LogP contribution in [0.4, 0.5) is 0 Å². The van der Waals surface area contributed by atoms with Gasteiger partial charge in [0.1, 0.15) is 0 Å². The van der Waals surface area contributed by atoms with Gasteiger partial charge in [-0.15, -0.1) is 23.3 Å². The van der Waals surface area contributed by atoms with Crippen molar-refractivity contribution in [3.05, 3.63) is 18.5 Å². The van der Waals surface area contributed by atoms with E-state index < -0.39 is 8.09 Å². The summed E-state index contributed by atoms with van der Waals surface area (Å²) in [5.74, 6) is 0. The number of nitrogens with zero attached hydrogens (tertiary/aromatic N) is 2. The van der Waals surface area contributed by atoms with Gasteiger partial charge in [0.05, 0.1) is 0 Å². The summed E-state index contributed by atoms with van der Waals surface area (Å²) < 4.78 is 0. The van der Waals surface area contributed by atoms with Crippen molar-refractivity contribution < 1.29 is 0 Å². The van der Waals surface area contributed by atoms with Gasteiger partial charge < -0.3 is 0 Å². The Morgan fingerprint density at radius 2 is 1.80 bits per heavy atom. The Labute approximate surface area is 71.4 Å². The Kier molecular flexibility index (Phi) is 2.49. The lowest BCUT2D eigenvalue weighted by atomic mass is 10.7. The van der Waals surface area contributed by atoms with Gasteiger partial charge in [-0.2, -0.15) is 0 Å². The maximum absolute atomic E-state index is 4.27. The Bertz CT molecular complexity index is 206. The molecule has 2 nitrogen and oxygen atoms in total. The molecule has 0 aromatic carbocycles. The van der Waals surface area contributed by atoms with Crippen LogP contribution in [-0.4, -0.2) is 16.2 Å². The first-order chi connectivity index (χ1) is 4.61. The highest BCUT2D eigenvalue weighted by atomic mass is 33.5. The molecule has 10 heavy (non-hydrogen) atoms. The van der Waals surface area contributed by atoms with Crippen LogP contribution in [0.2, 0.25) is 0 Å². The van der Waals surface area contributed by atoms with Crippen molar-refractivity contribution in [2.45, 2.75) is 5.16 Å². The number of thiol groups is 2. The third-order valence-corrected chi connectivity index (χ3v) is 2.77. The Morgan fingerprint density at radius 1 is 1.30 bits per heavy atom. The molecular formula is C5H8N2S3. The molecule has 0 amide bonds. The second-order valence-corrected chi connectivity index (χ2v) is 9.14. The fraction of sp³-hybridized carbons (Fsp3) is 0.200. The van der Waals surface area contributed by atoms with Gasteiger partial charge in [-0.3, -0.25) is 0 Å². The molecule has 0 aliphatic carbocycles. The van der Waals surface area contributed by atoms with Crippen LogP contribution < -0.4 is 0 Å². The minimum atomic E-state index is -1.34. The molecule has 1 rings (SSSR count). The van der Waals surface area contributed by atoms with E-state index in [1.165, 1.54) is 0 Å². The van der Waals surface area contributed by atoms with Crippen molar-refractivity contribution >= 4 is 31.4 Å². The van der Waals surface area contributed by atoms with Crippen LogP contribution in [0.5, 0.6) is 0 Å². The van der Waals surface area contributed by atoms with E-state index in [1.807, 2.05) is 6.26 Å². The van der Waals surface area contributed by atoms with E-state index in [1.54, 1.807) is 18.5 Å². The molecule has 0 unspecified atom stereocenters. The molecule has 0 aliphatic rings. The number of rotatable bonds is 1. The summed E-state index contributed by atoms with van der Waals surface area (Å²) in [5, 5.41) is 0.710. The van der Waals surface area contributed by atoms with Crippen molar-refractivity contribution in [2.75, 3.05) is 6.26 Å². The molecule has 0 radical (unpaired) electrons. The van der Waals surface area contributed by atoms with E-state index in [4.69, 9.17) is 0 Å². The molecule has 1 aromatic rings. The maximum atomic E-state index is 4.27. The first-order valence-corrected chi connectivity index (χ1v) is 6.75. The summed E-state index contributed by atoms with van der Waals surface area (Å²) >= 11 is 8.53. The molecular weight excluding hydrogens is 184 g/mol. The van der Waals surface area contributed by atoms with Crippen LogP contribution >= 0.6 is 31.4 Å². The molecule has 0 aliphatic heterocycles. The SMILES string of the molecule is CS(S)(S)c1ncccn1. The predicted molar refractivity (Wildman–Crippen MR) is 51.8 cm³/mol. The summed E-state index contributed by atoms with van der Waals surface area (Å²) in [6, 6.07) is 1.77. The van der Waals surface area contributed by atoms with Crippen molar-refractivity contribution in [1.29, 1.82) is 0 Å². The molecule has 1 heterocycles. The zero-order chi connectivity index (χ0) is 7.61. The Hall–Kier alpha value is 0.130. The summed E-state index contributed by atoms with van der Waals surface area (Å²) in [6.45, 7) is 0. The lowest BCUT2D eigenvalue weighted by molar-refractivity contribution is 0.968. The van der Waals surface area contributed by atoms with E-state index in [0.29, 0.717) is 5.16 Å². The fourth-order valence-corrected chi connectivity index (χ4v) is 1.57. The van der Waals surface area contributed by atoms with Gasteiger partial charge in [0.15, 0.2) is 5.16 Å². The summed E-state index contributed by atoms with van der Waals surface area (Å²) in [4.78, 5) is 8.05. The normalized spacial score (nSPS) is 13.1. The van der Waals surface area contributed by atoms with Gasteiger partial charge in [0, 0.05) is 12.4 Å². The quantitative estimate of drug-likeness (QED) is 0.404. The van der Waals surface area contributed by atoms with Crippen molar-refractivity contribution in [3.63, 3.8) is 0 Å². The second-order valence-electron chi connectivity index (χ2n) is 1.86. The average Bonchev–Trinajstić information content (AvgIpc) is 1.88. The Balaban J connectivity index is 2.97. The van der Waals surface area contributed by atoms with Crippen LogP contribution in [0.15, 0.2) is 23.6 Å². The van der Waals surface area contributed by atoms with Crippen LogP contribution in [-0.2, 0) is 0 Å². The molecule has 0 atom stereocenters. The van der Waals surface area contributed by atoms with E-state index in [-0.39, 0.29) is 0 Å². The van der Waals surface area contributed by atoms with Gasteiger partial charge in [-0.1, -0.05) is 8.09 Å². The molecule has 0 N–H and O–H groups in total. The molecule has 0 saturated heterocycles. The lowest BCUT2D eigenvalue weighted by Gasteiger charge is -2.18. The maximum Gasteiger partial charge on any atom is 0.187 e. The van der Waals surface area contributed by atoms with E-state index in [2.05, 4.69) is 33.3 Å². The summed E-state index contributed by atoms with van der Waals surface area (Å²) in [7, 11) is -1.34. The monoisotopic (exact) mass is 192 g/mol. The van der Waals surface area contributed by atoms with Crippen molar-refractivity contribution in [3.8, 4) is 0 Å². The first kappa shape index (κ1) is 8.23. The highest BCUT2D eigenvalue weighted by Gasteiger charge is 2.11. The average molecular weight is 192 g/mol. The highest BCUT2D eigenvalue weighted by Crippen LogP contribution is 2.58. The van der Waals surface area contributed by atoms with Crippen LogP contribution in [0.25, 0.3) is 0 Å². The summed E-state index contributed by atoms with van der Waals surface area (Å²) in [6.07, 6.45) is 5.30. The molecule has 0 saturated carbocycles. The minimum absolute atomic E-state index is 0.710. The standard InChI is InChI=1S/C5H8N2S3/c1-10(8,9)5-6-3-2-4-7-5/h2-4,8-9H,1H3. The highest BCUT2D eigenvalue weighted by molar-refractivity contribution is 9.17. The third kappa shape index (κ3) is 2.07. The molecule has 1 aromatic heterocycles. The smallest absolute Gasteiger partial charge is 0.187 e. The number of aromatic nitrogens is 2. The third-order valence-electron chi connectivity index (χ3n) is 0.888. The minimum Gasteiger partial charge on any atom is -0.231 e. The number of hydrogen-bond acceptors (Lipinski definition) is 4. The molecule has 0 fully saturated rings. The number of hydrogen-bond donors (Lipinski definition) is 2. The van der Waals surface area contributed by atoms with Gasteiger partial charge >= 0.3 is 0 Å². The van der Waals surface area contributed by atoms with E-state index in [0.717, 1.165) is 0 Å². The molecule has 5 heteroatoms. The van der Waals surface area contributed by atoms with Crippen LogP contribution in [0.1, 0.15) is 0 Å². The zero-order valence-electron chi connectivity index (χ0n) is 5.43. The largest absolute Gasteiger partial charge is 0.231 e. The molecule has 0 spiro atoms. The predicted octanol–water partition coefficient (Wildman–Crippen LogP) is 1.96. The molecule has 0 bridgehead atoms. The van der Waals surface area contributed by atoms with Crippen molar-refractivity contribution in [2.24, 2.45) is 0 Å². The van der Waals surface area contributed by atoms with Crippen molar-refractivity contribution in [1.82, 2.24) is 9.97 Å². The summed E-state index contributed by atoms with van der Waals surface area (Å²) in [5.41, 5.74) is 0. The second kappa shape index (κ2) is 3.02.